The van der Waals surface area contributed by atoms with E-state index in [-0.39, 0.29) is 6.61 Å². The van der Waals surface area contributed by atoms with E-state index >= 15 is 0 Å². The number of thiophene rings is 1. The van der Waals surface area contributed by atoms with E-state index in [1.165, 1.54) is 16.1 Å². The zero-order chi connectivity index (χ0) is 13.8. The molecule has 0 atom stereocenters. The second-order valence-corrected chi connectivity index (χ2v) is 5.83. The maximum absolute atomic E-state index is 8.80. The normalized spacial score (nSPS) is 12.9. The zero-order valence-electron chi connectivity index (χ0n) is 11.3. The van der Waals surface area contributed by atoms with E-state index in [1.54, 1.807) is 11.3 Å². The van der Waals surface area contributed by atoms with Gasteiger partial charge in [0, 0.05) is 29.1 Å². The van der Waals surface area contributed by atoms with Gasteiger partial charge in [0.2, 0.25) is 0 Å². The Morgan fingerprint density at radius 2 is 2.15 bits per heavy atom. The van der Waals surface area contributed by atoms with Crippen molar-refractivity contribution in [2.75, 3.05) is 18.1 Å². The number of hydrogen-bond acceptors (Lipinski definition) is 3. The Labute approximate surface area is 123 Å². The lowest BCUT2D eigenvalue weighted by molar-refractivity contribution is 0.305. The van der Waals surface area contributed by atoms with Crippen molar-refractivity contribution in [1.82, 2.24) is 0 Å². The number of aliphatic hydroxyl groups excluding tert-OH is 1. The Bertz CT molecular complexity index is 650. The van der Waals surface area contributed by atoms with Crippen molar-refractivity contribution in [2.24, 2.45) is 0 Å². The van der Waals surface area contributed by atoms with E-state index in [0.29, 0.717) is 6.42 Å². The summed E-state index contributed by atoms with van der Waals surface area (Å²) in [6.45, 7) is 2.14. The van der Waals surface area contributed by atoms with Crippen LogP contribution in [0.5, 0.6) is 0 Å². The lowest BCUT2D eigenvalue weighted by Crippen LogP contribution is -2.19. The van der Waals surface area contributed by atoms with Crippen LogP contribution in [-0.2, 0) is 13.0 Å². The highest BCUT2D eigenvalue weighted by molar-refractivity contribution is 7.10. The van der Waals surface area contributed by atoms with Gasteiger partial charge in [-0.3, -0.25) is 0 Å². The van der Waals surface area contributed by atoms with Crippen LogP contribution in [0.3, 0.4) is 0 Å². The van der Waals surface area contributed by atoms with Crippen LogP contribution < -0.4 is 4.90 Å². The topological polar surface area (TPSA) is 23.5 Å². The minimum Gasteiger partial charge on any atom is -0.395 e. The monoisotopic (exact) mass is 283 g/mol. The minimum absolute atomic E-state index is 0.131. The molecule has 2 heterocycles. The molecule has 1 aliphatic heterocycles. The quantitative estimate of drug-likeness (QED) is 0.875. The van der Waals surface area contributed by atoms with Crippen LogP contribution in [0.15, 0.2) is 35.7 Å². The average Bonchev–Trinajstić information content (AvgIpc) is 3.08. The van der Waals surface area contributed by atoms with Crippen molar-refractivity contribution in [3.05, 3.63) is 51.7 Å². The van der Waals surface area contributed by atoms with Gasteiger partial charge in [0.05, 0.1) is 13.2 Å². The smallest absolute Gasteiger partial charge is 0.0540 e. The van der Waals surface area contributed by atoms with E-state index in [4.69, 9.17) is 5.11 Å². The molecule has 0 fully saturated rings. The molecule has 0 radical (unpaired) electrons. The van der Waals surface area contributed by atoms with Crippen LogP contribution in [0.1, 0.15) is 22.4 Å². The fraction of sp³-hybridized carbons (Fsp3) is 0.294. The number of nitrogens with zero attached hydrogens (tertiary/aromatic N) is 1. The van der Waals surface area contributed by atoms with Crippen LogP contribution in [-0.4, -0.2) is 18.3 Å². The summed E-state index contributed by atoms with van der Waals surface area (Å²) in [7, 11) is 0. The lowest BCUT2D eigenvalue weighted by Gasteiger charge is -2.18. The maximum atomic E-state index is 8.80. The van der Waals surface area contributed by atoms with Gasteiger partial charge in [0.15, 0.2) is 0 Å². The number of anilines is 1. The predicted octanol–water partition coefficient (Wildman–Crippen LogP) is 3.04. The summed E-state index contributed by atoms with van der Waals surface area (Å²) in [5, 5.41) is 10.9. The van der Waals surface area contributed by atoms with Gasteiger partial charge in [0.1, 0.15) is 0 Å². The van der Waals surface area contributed by atoms with Crippen LogP contribution in [0, 0.1) is 11.8 Å². The molecule has 20 heavy (non-hydrogen) atoms. The first-order valence-corrected chi connectivity index (χ1v) is 7.75. The third-order valence-corrected chi connectivity index (χ3v) is 4.43. The van der Waals surface area contributed by atoms with Crippen molar-refractivity contribution in [3.8, 4) is 11.8 Å². The van der Waals surface area contributed by atoms with Crippen molar-refractivity contribution in [3.63, 3.8) is 0 Å². The van der Waals surface area contributed by atoms with Crippen molar-refractivity contribution < 1.29 is 5.11 Å². The molecule has 1 aromatic carbocycles. The third-order valence-electron chi connectivity index (χ3n) is 3.52. The van der Waals surface area contributed by atoms with Crippen molar-refractivity contribution >= 4 is 17.0 Å². The van der Waals surface area contributed by atoms with Crippen molar-refractivity contribution in [2.45, 2.75) is 19.4 Å². The van der Waals surface area contributed by atoms with E-state index in [2.05, 4.69) is 52.5 Å². The average molecular weight is 283 g/mol. The summed E-state index contributed by atoms with van der Waals surface area (Å²) in [5.74, 6) is 6.18. The molecule has 2 nitrogen and oxygen atoms in total. The molecule has 2 aromatic rings. The number of aliphatic hydroxyl groups is 1. The van der Waals surface area contributed by atoms with Gasteiger partial charge in [-0.2, -0.15) is 0 Å². The van der Waals surface area contributed by atoms with Gasteiger partial charge in [-0.1, -0.05) is 30.0 Å². The molecule has 3 rings (SSSR count). The van der Waals surface area contributed by atoms with Gasteiger partial charge in [-0.25, -0.2) is 0 Å². The largest absolute Gasteiger partial charge is 0.395 e. The number of para-hydroxylation sites is 1. The molecule has 0 bridgehead atoms. The molecular weight excluding hydrogens is 266 g/mol. The molecule has 0 amide bonds. The van der Waals surface area contributed by atoms with E-state index in [1.807, 2.05) is 0 Å². The molecular formula is C17H17NOS. The molecule has 1 N–H and O–H groups in total. The Kier molecular flexibility index (Phi) is 4.05. The second-order valence-electron chi connectivity index (χ2n) is 4.83. The Morgan fingerprint density at radius 1 is 1.25 bits per heavy atom. The summed E-state index contributed by atoms with van der Waals surface area (Å²) in [5.41, 5.74) is 3.90. The van der Waals surface area contributed by atoms with E-state index in [0.717, 1.165) is 25.1 Å². The standard InChI is InChI=1S/C17H17NOS/c19-11-4-3-6-15-9-12-20-17(15)13-18-10-8-14-5-1-2-7-16(14)18/h1-2,5,7,9,12,19H,4,8,10-11,13H2. The number of benzene rings is 1. The molecule has 102 valence electrons. The highest BCUT2D eigenvalue weighted by atomic mass is 32.1. The minimum atomic E-state index is 0.131. The van der Waals surface area contributed by atoms with Gasteiger partial charge < -0.3 is 10.0 Å². The molecule has 0 aliphatic carbocycles. The first kappa shape index (κ1) is 13.2. The summed E-state index contributed by atoms with van der Waals surface area (Å²) in [6.07, 6.45) is 1.68. The van der Waals surface area contributed by atoms with Gasteiger partial charge in [0.25, 0.3) is 0 Å². The predicted molar refractivity (Wildman–Crippen MR) is 84.1 cm³/mol. The number of fused-ring (bicyclic) bond motifs is 1. The Hall–Kier alpha value is -1.76. The highest BCUT2D eigenvalue weighted by Crippen LogP contribution is 2.30. The van der Waals surface area contributed by atoms with Crippen LogP contribution >= 0.6 is 11.3 Å². The Morgan fingerprint density at radius 3 is 3.05 bits per heavy atom. The molecule has 0 saturated heterocycles. The zero-order valence-corrected chi connectivity index (χ0v) is 12.1. The summed E-state index contributed by atoms with van der Waals surface area (Å²) >= 11 is 1.76. The lowest BCUT2D eigenvalue weighted by atomic mass is 10.2. The van der Waals surface area contributed by atoms with Gasteiger partial charge in [-0.05, 0) is 29.5 Å². The molecule has 0 spiro atoms. The summed E-state index contributed by atoms with van der Waals surface area (Å²) in [6, 6.07) is 10.7. The molecule has 3 heteroatoms. The van der Waals surface area contributed by atoms with Gasteiger partial charge in [-0.15, -0.1) is 11.3 Å². The second kappa shape index (κ2) is 6.13. The number of rotatable bonds is 3. The van der Waals surface area contributed by atoms with E-state index in [9.17, 15) is 0 Å². The number of hydrogen-bond donors (Lipinski definition) is 1. The Balaban J connectivity index is 1.77. The van der Waals surface area contributed by atoms with E-state index < -0.39 is 0 Å². The third kappa shape index (κ3) is 2.72. The highest BCUT2D eigenvalue weighted by Gasteiger charge is 2.19. The fourth-order valence-electron chi connectivity index (χ4n) is 2.53. The van der Waals surface area contributed by atoms with Crippen LogP contribution in [0.2, 0.25) is 0 Å². The summed E-state index contributed by atoms with van der Waals surface area (Å²) < 4.78 is 0. The maximum Gasteiger partial charge on any atom is 0.0540 e. The first-order chi connectivity index (χ1) is 9.88. The molecule has 1 aromatic heterocycles. The fourth-order valence-corrected chi connectivity index (χ4v) is 3.38. The van der Waals surface area contributed by atoms with Crippen LogP contribution in [0.25, 0.3) is 0 Å². The molecule has 0 unspecified atom stereocenters. The van der Waals surface area contributed by atoms with Crippen LogP contribution in [0.4, 0.5) is 5.69 Å². The summed E-state index contributed by atoms with van der Waals surface area (Å²) in [4.78, 5) is 3.74. The SMILES string of the molecule is OCCC#Cc1ccsc1CN1CCc2ccccc21. The molecule has 0 saturated carbocycles. The molecule has 1 aliphatic rings. The van der Waals surface area contributed by atoms with Crippen molar-refractivity contribution in [1.29, 1.82) is 0 Å². The first-order valence-electron chi connectivity index (χ1n) is 6.87. The van der Waals surface area contributed by atoms with Gasteiger partial charge >= 0.3 is 0 Å².